The van der Waals surface area contributed by atoms with Crippen LogP contribution in [0.1, 0.15) is 52.5 Å². The molecule has 0 spiro atoms. The SMILES string of the molecule is CCOC(=O)[C@@]12CN(C(=O)OC(C)(C)C)CC=C1N(Cc1ccc(OC)cc1)C(=O)[C@H]2CC(=O)N1CCN(C(=O)C2CC2)CC1. The predicted molar refractivity (Wildman–Crippen MR) is 162 cm³/mol. The maximum Gasteiger partial charge on any atom is 0.410 e. The van der Waals surface area contributed by atoms with E-state index in [-0.39, 0.29) is 56.3 Å². The maximum absolute atomic E-state index is 14.4. The number of likely N-dealkylation sites (tertiary alicyclic amines) is 1. The summed E-state index contributed by atoms with van der Waals surface area (Å²) in [6.07, 6.45) is 2.68. The largest absolute Gasteiger partial charge is 0.497 e. The zero-order valence-corrected chi connectivity index (χ0v) is 26.9. The normalized spacial score (nSPS) is 23.4. The van der Waals surface area contributed by atoms with Gasteiger partial charge in [-0.15, -0.1) is 0 Å². The van der Waals surface area contributed by atoms with Gasteiger partial charge < -0.3 is 33.8 Å². The Balaban J connectivity index is 1.46. The van der Waals surface area contributed by atoms with E-state index in [1.807, 2.05) is 12.1 Å². The van der Waals surface area contributed by atoms with Crippen molar-refractivity contribution in [2.75, 3.05) is 53.0 Å². The first-order chi connectivity index (χ1) is 21.4. The van der Waals surface area contributed by atoms with Gasteiger partial charge >= 0.3 is 12.1 Å². The molecule has 12 nitrogen and oxygen atoms in total. The molecular weight excluding hydrogens is 580 g/mol. The molecule has 1 aromatic carbocycles. The second kappa shape index (κ2) is 12.7. The summed E-state index contributed by atoms with van der Waals surface area (Å²) in [4.78, 5) is 74.4. The molecule has 0 aromatic heterocycles. The molecule has 4 aliphatic rings. The van der Waals surface area contributed by atoms with Crippen LogP contribution in [0.5, 0.6) is 5.75 Å². The number of rotatable bonds is 8. The van der Waals surface area contributed by atoms with Gasteiger partial charge in [0.2, 0.25) is 17.7 Å². The number of hydrogen-bond acceptors (Lipinski definition) is 8. The van der Waals surface area contributed by atoms with Gasteiger partial charge in [0.15, 0.2) is 0 Å². The van der Waals surface area contributed by atoms with Crippen molar-refractivity contribution >= 4 is 29.8 Å². The summed E-state index contributed by atoms with van der Waals surface area (Å²) < 4.78 is 16.5. The van der Waals surface area contributed by atoms with Gasteiger partial charge in [0.05, 0.1) is 26.2 Å². The second-order valence-electron chi connectivity index (χ2n) is 13.2. The Labute approximate surface area is 264 Å². The summed E-state index contributed by atoms with van der Waals surface area (Å²) in [5, 5.41) is 0. The van der Waals surface area contributed by atoms with E-state index in [2.05, 4.69) is 0 Å². The van der Waals surface area contributed by atoms with E-state index < -0.39 is 29.0 Å². The Morgan fingerprint density at radius 2 is 1.60 bits per heavy atom. The van der Waals surface area contributed by atoms with E-state index in [1.54, 1.807) is 67.7 Å². The van der Waals surface area contributed by atoms with Crippen molar-refractivity contribution in [3.63, 3.8) is 0 Å². The number of carbonyl (C=O) groups excluding carboxylic acids is 5. The van der Waals surface area contributed by atoms with Gasteiger partial charge in [-0.2, -0.15) is 0 Å². The van der Waals surface area contributed by atoms with Crippen molar-refractivity contribution < 1.29 is 38.2 Å². The lowest BCUT2D eigenvalue weighted by Crippen LogP contribution is -2.55. The molecule has 1 aliphatic carbocycles. The highest BCUT2D eigenvalue weighted by atomic mass is 16.6. The number of hydrogen-bond donors (Lipinski definition) is 0. The van der Waals surface area contributed by atoms with Gasteiger partial charge in [-0.3, -0.25) is 19.2 Å². The highest BCUT2D eigenvalue weighted by Gasteiger charge is 2.64. The van der Waals surface area contributed by atoms with Crippen molar-refractivity contribution in [1.82, 2.24) is 19.6 Å². The molecule has 244 valence electrons. The van der Waals surface area contributed by atoms with Crippen molar-refractivity contribution in [2.45, 2.75) is 59.1 Å². The summed E-state index contributed by atoms with van der Waals surface area (Å²) in [6.45, 7) is 8.70. The number of nitrogens with zero attached hydrogens (tertiary/aromatic N) is 4. The Kier molecular flexibility index (Phi) is 9.14. The van der Waals surface area contributed by atoms with Crippen LogP contribution in [0.15, 0.2) is 36.0 Å². The third kappa shape index (κ3) is 6.64. The lowest BCUT2D eigenvalue weighted by molar-refractivity contribution is -0.159. The Morgan fingerprint density at radius 1 is 0.956 bits per heavy atom. The minimum Gasteiger partial charge on any atom is -0.497 e. The van der Waals surface area contributed by atoms with Crippen molar-refractivity contribution in [3.05, 3.63) is 41.6 Å². The van der Waals surface area contributed by atoms with E-state index >= 15 is 0 Å². The topological polar surface area (TPSA) is 126 Å². The number of fused-ring (bicyclic) bond motifs is 1. The first-order valence-corrected chi connectivity index (χ1v) is 15.7. The van der Waals surface area contributed by atoms with Crippen LogP contribution >= 0.6 is 0 Å². The lowest BCUT2D eigenvalue weighted by Gasteiger charge is -2.41. The minimum atomic E-state index is -1.60. The van der Waals surface area contributed by atoms with Crippen molar-refractivity contribution in [3.8, 4) is 5.75 Å². The van der Waals surface area contributed by atoms with E-state index in [9.17, 15) is 24.0 Å². The molecule has 12 heteroatoms. The predicted octanol–water partition coefficient (Wildman–Crippen LogP) is 2.81. The first-order valence-electron chi connectivity index (χ1n) is 15.7. The fraction of sp³-hybridized carbons (Fsp3) is 0.606. The van der Waals surface area contributed by atoms with E-state index in [4.69, 9.17) is 14.2 Å². The lowest BCUT2D eigenvalue weighted by atomic mass is 9.71. The Hall–Kier alpha value is -4.09. The molecular formula is C33H44N4O8. The summed E-state index contributed by atoms with van der Waals surface area (Å²) >= 11 is 0. The summed E-state index contributed by atoms with van der Waals surface area (Å²) in [7, 11) is 1.57. The molecule has 2 saturated heterocycles. The molecule has 45 heavy (non-hydrogen) atoms. The van der Waals surface area contributed by atoms with Gasteiger partial charge in [0, 0.05) is 57.3 Å². The third-order valence-electron chi connectivity index (χ3n) is 8.89. The number of methoxy groups -OCH3 is 1. The van der Waals surface area contributed by atoms with Crippen LogP contribution in [0.25, 0.3) is 0 Å². The fourth-order valence-corrected chi connectivity index (χ4v) is 6.43. The van der Waals surface area contributed by atoms with E-state index in [0.717, 1.165) is 18.4 Å². The molecule has 3 heterocycles. The Bertz CT molecular complexity index is 1360. The molecule has 5 rings (SSSR count). The van der Waals surface area contributed by atoms with Crippen molar-refractivity contribution in [1.29, 1.82) is 0 Å². The molecule has 0 unspecified atom stereocenters. The van der Waals surface area contributed by atoms with Crippen LogP contribution in [0.4, 0.5) is 4.79 Å². The van der Waals surface area contributed by atoms with Crippen LogP contribution < -0.4 is 4.74 Å². The molecule has 4 amide bonds. The quantitative estimate of drug-likeness (QED) is 0.405. The Morgan fingerprint density at radius 3 is 2.18 bits per heavy atom. The number of piperazine rings is 1. The maximum atomic E-state index is 14.4. The molecule has 1 aromatic rings. The number of carbonyl (C=O) groups is 5. The van der Waals surface area contributed by atoms with E-state index in [1.165, 1.54) is 4.90 Å². The molecule has 0 N–H and O–H groups in total. The van der Waals surface area contributed by atoms with Gasteiger partial charge in [-0.1, -0.05) is 12.1 Å². The molecule has 0 bridgehead atoms. The minimum absolute atomic E-state index is 0.0601. The van der Waals surface area contributed by atoms with Crippen LogP contribution in [0.3, 0.4) is 0 Å². The van der Waals surface area contributed by atoms with Crippen LogP contribution in [0.2, 0.25) is 0 Å². The van der Waals surface area contributed by atoms with Gasteiger partial charge in [-0.05, 0) is 64.3 Å². The van der Waals surface area contributed by atoms with Gasteiger partial charge in [0.25, 0.3) is 0 Å². The fourth-order valence-electron chi connectivity index (χ4n) is 6.43. The highest BCUT2D eigenvalue weighted by Crippen LogP contribution is 2.51. The average molecular weight is 625 g/mol. The second-order valence-corrected chi connectivity index (χ2v) is 13.2. The molecule has 0 radical (unpaired) electrons. The van der Waals surface area contributed by atoms with Crippen molar-refractivity contribution in [2.24, 2.45) is 17.3 Å². The van der Waals surface area contributed by atoms with Crippen LogP contribution in [-0.4, -0.2) is 108 Å². The number of amides is 4. The summed E-state index contributed by atoms with van der Waals surface area (Å²) in [6, 6.07) is 7.27. The molecule has 3 aliphatic heterocycles. The summed E-state index contributed by atoms with van der Waals surface area (Å²) in [5.74, 6) is -1.52. The smallest absolute Gasteiger partial charge is 0.410 e. The van der Waals surface area contributed by atoms with Crippen LogP contribution in [-0.2, 0) is 35.2 Å². The summed E-state index contributed by atoms with van der Waals surface area (Å²) in [5.41, 5.74) is -1.14. The molecule has 2 atom stereocenters. The number of benzene rings is 1. The average Bonchev–Trinajstić information content (AvgIpc) is 3.84. The molecule has 3 fully saturated rings. The van der Waals surface area contributed by atoms with E-state index in [0.29, 0.717) is 37.6 Å². The highest BCUT2D eigenvalue weighted by molar-refractivity contribution is 5.99. The van der Waals surface area contributed by atoms with Crippen LogP contribution in [0, 0.1) is 17.3 Å². The monoisotopic (exact) mass is 624 g/mol. The third-order valence-corrected chi connectivity index (χ3v) is 8.89. The first kappa shape index (κ1) is 32.3. The zero-order valence-electron chi connectivity index (χ0n) is 26.9. The van der Waals surface area contributed by atoms with Gasteiger partial charge in [-0.25, -0.2) is 4.79 Å². The number of ether oxygens (including phenoxy) is 3. The van der Waals surface area contributed by atoms with Gasteiger partial charge in [0.1, 0.15) is 16.8 Å². The molecule has 1 saturated carbocycles. The zero-order chi connectivity index (χ0) is 32.5. The number of esters is 1. The standard InChI is InChI=1S/C33H44N4O8/c1-6-44-30(41)33-21-36(31(42)45-32(2,3)4)14-13-26(33)37(20-22-7-11-24(43-5)12-8-22)29(40)25(33)19-27(38)34-15-17-35(18-16-34)28(39)23-9-10-23/h7-8,11-13,23,25H,6,9-10,14-21H2,1-5H3/t25-,33-/m1/s1.